The fraction of sp³-hybridized carbons (Fsp3) is 0.261. The van der Waals surface area contributed by atoms with Crippen LogP contribution in [-0.4, -0.2) is 36.7 Å². The summed E-state index contributed by atoms with van der Waals surface area (Å²) >= 11 is 0. The minimum absolute atomic E-state index is 0.0947. The van der Waals surface area contributed by atoms with Gasteiger partial charge in [-0.15, -0.1) is 0 Å². The number of sulfonamides is 1. The Morgan fingerprint density at radius 1 is 1.19 bits per heavy atom. The zero-order chi connectivity index (χ0) is 27.1. The Balaban J connectivity index is 1.66. The lowest BCUT2D eigenvalue weighted by molar-refractivity contribution is -0.137. The van der Waals surface area contributed by atoms with Gasteiger partial charge < -0.3 is 10.6 Å². The number of nitrogens with zero attached hydrogens (tertiary/aromatic N) is 1. The fourth-order valence-corrected chi connectivity index (χ4v) is 4.79. The molecule has 1 aliphatic heterocycles. The lowest BCUT2D eigenvalue weighted by atomic mass is 9.82. The van der Waals surface area contributed by atoms with Gasteiger partial charge in [0, 0.05) is 29.5 Å². The molecule has 0 aliphatic carbocycles. The van der Waals surface area contributed by atoms with Crippen molar-refractivity contribution in [1.29, 1.82) is 0 Å². The van der Waals surface area contributed by atoms with Crippen molar-refractivity contribution >= 4 is 44.1 Å². The van der Waals surface area contributed by atoms with Crippen molar-refractivity contribution in [2.45, 2.75) is 31.9 Å². The fourth-order valence-electron chi connectivity index (χ4n) is 4.22. The van der Waals surface area contributed by atoms with Crippen LogP contribution in [0.1, 0.15) is 36.8 Å². The number of nitrogens with one attached hydrogen (secondary N) is 4. The first-order chi connectivity index (χ1) is 17.2. The minimum atomic E-state index is -4.84. The summed E-state index contributed by atoms with van der Waals surface area (Å²) in [6.07, 6.45) is -3.18. The monoisotopic (exact) mass is 539 g/mol. The van der Waals surface area contributed by atoms with E-state index in [4.69, 9.17) is 0 Å². The Morgan fingerprint density at radius 2 is 1.92 bits per heavy atom. The molecule has 1 atom stereocenters. The van der Waals surface area contributed by atoms with Gasteiger partial charge in [-0.05, 0) is 36.3 Å². The Hall–Kier alpha value is -3.94. The highest BCUT2D eigenvalue weighted by molar-refractivity contribution is 7.92. The van der Waals surface area contributed by atoms with Crippen LogP contribution >= 0.6 is 0 Å². The standard InChI is InChI=1S/C23H21F4N5O4S/c1-11-14(7-22(34)30-20-6-13-10-28-31-18(13)9-17(20)24)15(8-21(33)29-11)12-3-4-16(23(25,26)27)19(5-12)32-37(2,35)36/h3-6,9-10,15,32H,7-8H2,1-2H3,(H,28,31)(H,29,33)(H,30,34). The number of aromatic nitrogens is 2. The van der Waals surface area contributed by atoms with Crippen molar-refractivity contribution in [1.82, 2.24) is 15.5 Å². The van der Waals surface area contributed by atoms with E-state index in [2.05, 4.69) is 20.8 Å². The molecule has 196 valence electrons. The number of amides is 2. The molecule has 0 spiro atoms. The van der Waals surface area contributed by atoms with Gasteiger partial charge in [-0.2, -0.15) is 18.3 Å². The Bertz CT molecular complexity index is 1550. The van der Waals surface area contributed by atoms with E-state index in [1.165, 1.54) is 25.3 Å². The number of anilines is 2. The number of halogens is 4. The highest BCUT2D eigenvalue weighted by Gasteiger charge is 2.36. The third kappa shape index (κ3) is 5.90. The quantitative estimate of drug-likeness (QED) is 0.352. The lowest BCUT2D eigenvalue weighted by Crippen LogP contribution is -2.32. The van der Waals surface area contributed by atoms with Crippen molar-refractivity contribution in [2.24, 2.45) is 0 Å². The van der Waals surface area contributed by atoms with Gasteiger partial charge in [-0.3, -0.25) is 19.4 Å². The van der Waals surface area contributed by atoms with Gasteiger partial charge in [-0.25, -0.2) is 12.8 Å². The number of fused-ring (bicyclic) bond motifs is 1. The molecule has 14 heteroatoms. The largest absolute Gasteiger partial charge is 0.418 e. The number of hydrogen-bond donors (Lipinski definition) is 4. The predicted octanol–water partition coefficient (Wildman–Crippen LogP) is 4.00. The number of allylic oxidation sites excluding steroid dienone is 1. The molecule has 4 rings (SSSR count). The van der Waals surface area contributed by atoms with E-state index >= 15 is 0 Å². The van der Waals surface area contributed by atoms with Crippen molar-refractivity contribution < 1.29 is 35.6 Å². The van der Waals surface area contributed by atoms with Crippen LogP contribution in [0.25, 0.3) is 10.9 Å². The van der Waals surface area contributed by atoms with Crippen LogP contribution < -0.4 is 15.4 Å². The minimum Gasteiger partial charge on any atom is -0.330 e. The zero-order valence-corrected chi connectivity index (χ0v) is 20.3. The maximum absolute atomic E-state index is 14.4. The van der Waals surface area contributed by atoms with Gasteiger partial charge >= 0.3 is 6.18 Å². The van der Waals surface area contributed by atoms with Crippen LogP contribution in [0.4, 0.5) is 28.9 Å². The topological polar surface area (TPSA) is 133 Å². The molecule has 37 heavy (non-hydrogen) atoms. The molecule has 0 saturated carbocycles. The summed E-state index contributed by atoms with van der Waals surface area (Å²) in [4.78, 5) is 25.1. The van der Waals surface area contributed by atoms with Crippen LogP contribution in [0.5, 0.6) is 0 Å². The molecule has 2 amide bonds. The molecule has 3 aromatic rings. The van der Waals surface area contributed by atoms with E-state index in [0.29, 0.717) is 28.4 Å². The van der Waals surface area contributed by atoms with E-state index in [1.54, 1.807) is 0 Å². The molecule has 2 aromatic carbocycles. The van der Waals surface area contributed by atoms with E-state index in [1.807, 2.05) is 4.72 Å². The van der Waals surface area contributed by atoms with Crippen LogP contribution in [-0.2, 0) is 25.8 Å². The first kappa shape index (κ1) is 26.1. The number of hydrogen-bond acceptors (Lipinski definition) is 5. The van der Waals surface area contributed by atoms with Gasteiger partial charge in [0.25, 0.3) is 0 Å². The van der Waals surface area contributed by atoms with Gasteiger partial charge in [0.1, 0.15) is 5.82 Å². The van der Waals surface area contributed by atoms with E-state index in [0.717, 1.165) is 18.2 Å². The number of H-pyrrole nitrogens is 1. The van der Waals surface area contributed by atoms with E-state index < -0.39 is 51.0 Å². The molecule has 9 nitrogen and oxygen atoms in total. The van der Waals surface area contributed by atoms with Crippen LogP contribution in [0.3, 0.4) is 0 Å². The van der Waals surface area contributed by atoms with Gasteiger partial charge in [-0.1, -0.05) is 6.07 Å². The average molecular weight is 540 g/mol. The van der Waals surface area contributed by atoms with Crippen LogP contribution in [0.15, 0.2) is 47.8 Å². The molecule has 1 aliphatic rings. The number of carbonyl (C=O) groups excluding carboxylic acids is 2. The molecule has 1 unspecified atom stereocenters. The first-order valence-corrected chi connectivity index (χ1v) is 12.7. The van der Waals surface area contributed by atoms with E-state index in [-0.39, 0.29) is 24.1 Å². The summed E-state index contributed by atoms with van der Waals surface area (Å²) in [5.41, 5.74) is -0.663. The molecule has 0 saturated heterocycles. The molecular formula is C23H21F4N5O4S. The summed E-state index contributed by atoms with van der Waals surface area (Å²) in [5, 5.41) is 12.0. The number of rotatable bonds is 6. The highest BCUT2D eigenvalue weighted by atomic mass is 32.2. The van der Waals surface area contributed by atoms with Crippen LogP contribution in [0.2, 0.25) is 0 Å². The smallest absolute Gasteiger partial charge is 0.330 e. The Morgan fingerprint density at radius 3 is 2.59 bits per heavy atom. The third-order valence-electron chi connectivity index (χ3n) is 5.82. The van der Waals surface area contributed by atoms with Gasteiger partial charge in [0.2, 0.25) is 21.8 Å². The second kappa shape index (κ2) is 9.50. The number of carbonyl (C=O) groups is 2. The molecule has 0 radical (unpaired) electrons. The summed E-state index contributed by atoms with van der Waals surface area (Å²) in [5.74, 6) is -2.59. The maximum atomic E-state index is 14.4. The predicted molar refractivity (Wildman–Crippen MR) is 127 cm³/mol. The molecule has 0 bridgehead atoms. The van der Waals surface area contributed by atoms with Crippen molar-refractivity contribution in [3.05, 3.63) is 64.7 Å². The molecule has 1 aromatic heterocycles. The van der Waals surface area contributed by atoms with E-state index in [9.17, 15) is 35.6 Å². The average Bonchev–Trinajstić information content (AvgIpc) is 3.20. The number of aromatic amines is 1. The van der Waals surface area contributed by atoms with Gasteiger partial charge in [0.05, 0.1) is 41.3 Å². The zero-order valence-electron chi connectivity index (χ0n) is 19.5. The highest BCUT2D eigenvalue weighted by Crippen LogP contribution is 2.40. The summed E-state index contributed by atoms with van der Waals surface area (Å²) < 4.78 is 80.2. The van der Waals surface area contributed by atoms with Crippen molar-refractivity contribution in [3.8, 4) is 0 Å². The summed E-state index contributed by atoms with van der Waals surface area (Å²) in [6, 6.07) is 5.43. The third-order valence-corrected chi connectivity index (χ3v) is 6.41. The Kier molecular flexibility index (Phi) is 6.71. The lowest BCUT2D eigenvalue weighted by Gasteiger charge is -2.28. The molecule has 4 N–H and O–H groups in total. The van der Waals surface area contributed by atoms with Crippen molar-refractivity contribution in [3.63, 3.8) is 0 Å². The van der Waals surface area contributed by atoms with Crippen LogP contribution in [0, 0.1) is 5.82 Å². The number of alkyl halides is 3. The second-order valence-corrected chi connectivity index (χ2v) is 10.4. The molecule has 0 fully saturated rings. The number of benzene rings is 2. The summed E-state index contributed by atoms with van der Waals surface area (Å²) in [6.45, 7) is 1.53. The summed E-state index contributed by atoms with van der Waals surface area (Å²) in [7, 11) is -4.06. The normalized spacial score (nSPS) is 16.6. The Labute approximate surface area is 208 Å². The molecule has 2 heterocycles. The molecular weight excluding hydrogens is 518 g/mol. The van der Waals surface area contributed by atoms with Crippen molar-refractivity contribution in [2.75, 3.05) is 16.3 Å². The maximum Gasteiger partial charge on any atom is 0.418 e. The second-order valence-electron chi connectivity index (χ2n) is 8.65. The first-order valence-electron chi connectivity index (χ1n) is 10.8. The SMILES string of the molecule is CC1=C(CC(=O)Nc2cc3cn[nH]c3cc2F)C(c2ccc(C(F)(F)F)c(NS(C)(=O)=O)c2)CC(=O)N1. The van der Waals surface area contributed by atoms with Gasteiger partial charge in [0.15, 0.2) is 0 Å².